The van der Waals surface area contributed by atoms with Crippen LogP contribution in [0.1, 0.15) is 12.6 Å². The number of anilines is 2. The molecule has 7 nitrogen and oxygen atoms in total. The number of hydrogen-bond acceptors (Lipinski definition) is 6. The van der Waals surface area contributed by atoms with E-state index in [4.69, 9.17) is 11.5 Å². The second-order valence-corrected chi connectivity index (χ2v) is 4.07. The van der Waals surface area contributed by atoms with Crippen molar-refractivity contribution in [1.82, 2.24) is 9.97 Å². The lowest BCUT2D eigenvalue weighted by Crippen LogP contribution is -2.06. The number of rotatable bonds is 3. The van der Waals surface area contributed by atoms with Crippen LogP contribution in [0.25, 0.3) is 11.1 Å². The SMILES string of the molecule is CCc1nc(N)nc(N)c1-c1ccc(F)c([N+](=O)[O-])c1. The number of nitrogen functional groups attached to an aromatic ring is 2. The number of hydrogen-bond donors (Lipinski definition) is 2. The molecular formula is C12H12FN5O2. The number of nitrogens with two attached hydrogens (primary N) is 2. The molecule has 0 bridgehead atoms. The summed E-state index contributed by atoms with van der Waals surface area (Å²) >= 11 is 0. The fourth-order valence-electron chi connectivity index (χ4n) is 1.92. The number of nitro groups is 1. The van der Waals surface area contributed by atoms with Crippen LogP contribution in [0.2, 0.25) is 0 Å². The van der Waals surface area contributed by atoms with Crippen molar-refractivity contribution in [3.8, 4) is 11.1 Å². The van der Waals surface area contributed by atoms with Crippen molar-refractivity contribution in [3.63, 3.8) is 0 Å². The van der Waals surface area contributed by atoms with Crippen molar-refractivity contribution in [2.75, 3.05) is 11.5 Å². The number of aromatic nitrogens is 2. The molecule has 1 aromatic heterocycles. The van der Waals surface area contributed by atoms with E-state index in [9.17, 15) is 14.5 Å². The Balaban J connectivity index is 2.68. The number of aryl methyl sites for hydroxylation is 1. The van der Waals surface area contributed by atoms with Gasteiger partial charge in [0.25, 0.3) is 0 Å². The average molecular weight is 277 g/mol. The first-order valence-corrected chi connectivity index (χ1v) is 5.80. The Morgan fingerprint density at radius 1 is 1.35 bits per heavy atom. The molecule has 0 aliphatic carbocycles. The molecule has 2 aromatic rings. The molecule has 8 heteroatoms. The number of nitrogens with zero attached hydrogens (tertiary/aromatic N) is 3. The summed E-state index contributed by atoms with van der Waals surface area (Å²) in [5.74, 6) is -0.776. The van der Waals surface area contributed by atoms with Gasteiger partial charge in [-0.25, -0.2) is 4.98 Å². The van der Waals surface area contributed by atoms with Gasteiger partial charge in [0.2, 0.25) is 11.8 Å². The Kier molecular flexibility index (Phi) is 3.47. The monoisotopic (exact) mass is 277 g/mol. The summed E-state index contributed by atoms with van der Waals surface area (Å²) in [4.78, 5) is 17.9. The predicted molar refractivity (Wildman–Crippen MR) is 72.3 cm³/mol. The topological polar surface area (TPSA) is 121 Å². The van der Waals surface area contributed by atoms with Crippen LogP contribution in [0.3, 0.4) is 0 Å². The van der Waals surface area contributed by atoms with Crippen molar-refractivity contribution in [2.24, 2.45) is 0 Å². The molecule has 2 rings (SSSR count). The summed E-state index contributed by atoms with van der Waals surface area (Å²) in [6.07, 6.45) is 0.511. The molecular weight excluding hydrogens is 265 g/mol. The minimum atomic E-state index is -0.910. The minimum absolute atomic E-state index is 0.0275. The summed E-state index contributed by atoms with van der Waals surface area (Å²) in [6, 6.07) is 3.52. The average Bonchev–Trinajstić information content (AvgIpc) is 2.38. The molecule has 0 radical (unpaired) electrons. The molecule has 4 N–H and O–H groups in total. The first kappa shape index (κ1) is 13.7. The van der Waals surface area contributed by atoms with Crippen molar-refractivity contribution in [3.05, 3.63) is 39.8 Å². The van der Waals surface area contributed by atoms with Crippen LogP contribution in [-0.4, -0.2) is 14.9 Å². The van der Waals surface area contributed by atoms with E-state index >= 15 is 0 Å². The second kappa shape index (κ2) is 5.08. The highest BCUT2D eigenvalue weighted by Gasteiger charge is 2.19. The maximum absolute atomic E-state index is 13.4. The second-order valence-electron chi connectivity index (χ2n) is 4.07. The lowest BCUT2D eigenvalue weighted by Gasteiger charge is -2.10. The van der Waals surface area contributed by atoms with E-state index in [1.165, 1.54) is 6.07 Å². The quantitative estimate of drug-likeness (QED) is 0.653. The summed E-state index contributed by atoms with van der Waals surface area (Å²) in [5, 5.41) is 10.8. The molecule has 0 unspecified atom stereocenters. The van der Waals surface area contributed by atoms with E-state index in [0.29, 0.717) is 23.2 Å². The van der Waals surface area contributed by atoms with Gasteiger partial charge in [-0.3, -0.25) is 10.1 Å². The van der Waals surface area contributed by atoms with Gasteiger partial charge in [0.1, 0.15) is 5.82 Å². The van der Waals surface area contributed by atoms with E-state index in [2.05, 4.69) is 9.97 Å². The highest BCUT2D eigenvalue weighted by atomic mass is 19.1. The minimum Gasteiger partial charge on any atom is -0.383 e. The van der Waals surface area contributed by atoms with Crippen LogP contribution in [-0.2, 0) is 6.42 Å². The van der Waals surface area contributed by atoms with Gasteiger partial charge >= 0.3 is 5.69 Å². The van der Waals surface area contributed by atoms with Gasteiger partial charge in [-0.2, -0.15) is 9.37 Å². The highest BCUT2D eigenvalue weighted by molar-refractivity contribution is 5.78. The molecule has 0 aliphatic heterocycles. The van der Waals surface area contributed by atoms with Crippen LogP contribution in [0.15, 0.2) is 18.2 Å². The fraction of sp³-hybridized carbons (Fsp3) is 0.167. The fourth-order valence-corrected chi connectivity index (χ4v) is 1.92. The first-order chi connectivity index (χ1) is 9.43. The molecule has 0 saturated heterocycles. The van der Waals surface area contributed by atoms with Gasteiger partial charge in [0, 0.05) is 11.6 Å². The standard InChI is InChI=1S/C12H12FN5O2/c1-2-8-10(11(14)17-12(15)16-8)6-3-4-7(13)9(5-6)18(19)20/h3-5H,2H2,1H3,(H4,14,15,16,17). The molecule has 20 heavy (non-hydrogen) atoms. The van der Waals surface area contributed by atoms with Gasteiger partial charge in [-0.15, -0.1) is 0 Å². The van der Waals surface area contributed by atoms with E-state index < -0.39 is 16.4 Å². The van der Waals surface area contributed by atoms with Crippen molar-refractivity contribution in [2.45, 2.75) is 13.3 Å². The highest BCUT2D eigenvalue weighted by Crippen LogP contribution is 2.32. The van der Waals surface area contributed by atoms with Crippen LogP contribution in [0, 0.1) is 15.9 Å². The molecule has 0 saturated carbocycles. The van der Waals surface area contributed by atoms with E-state index in [0.717, 1.165) is 12.1 Å². The molecule has 0 atom stereocenters. The summed E-state index contributed by atoms with van der Waals surface area (Å²) in [7, 11) is 0. The number of benzene rings is 1. The third kappa shape index (κ3) is 2.35. The molecule has 0 spiro atoms. The maximum atomic E-state index is 13.4. The summed E-state index contributed by atoms with van der Waals surface area (Å²) in [5.41, 5.74) is 12.1. The first-order valence-electron chi connectivity index (χ1n) is 5.80. The molecule has 0 aliphatic rings. The smallest absolute Gasteiger partial charge is 0.305 e. The van der Waals surface area contributed by atoms with Crippen LogP contribution in [0.5, 0.6) is 0 Å². The Morgan fingerprint density at radius 3 is 2.65 bits per heavy atom. The molecule has 1 heterocycles. The normalized spacial score (nSPS) is 10.5. The third-order valence-corrected chi connectivity index (χ3v) is 2.80. The lowest BCUT2D eigenvalue weighted by molar-refractivity contribution is -0.387. The Hall–Kier alpha value is -2.77. The summed E-state index contributed by atoms with van der Waals surface area (Å²) < 4.78 is 13.4. The van der Waals surface area contributed by atoms with Crippen molar-refractivity contribution >= 4 is 17.5 Å². The zero-order chi connectivity index (χ0) is 14.9. The van der Waals surface area contributed by atoms with E-state index in [1.54, 1.807) is 0 Å². The summed E-state index contributed by atoms with van der Waals surface area (Å²) in [6.45, 7) is 1.84. The Morgan fingerprint density at radius 2 is 2.05 bits per heavy atom. The maximum Gasteiger partial charge on any atom is 0.305 e. The largest absolute Gasteiger partial charge is 0.383 e. The van der Waals surface area contributed by atoms with Gasteiger partial charge in [0.15, 0.2) is 0 Å². The molecule has 1 aromatic carbocycles. The molecule has 0 fully saturated rings. The number of halogens is 1. The Labute approximate surface area is 113 Å². The number of nitro benzene ring substituents is 1. The van der Waals surface area contributed by atoms with E-state index in [-0.39, 0.29) is 11.8 Å². The van der Waals surface area contributed by atoms with Crippen LogP contribution >= 0.6 is 0 Å². The molecule has 0 amide bonds. The zero-order valence-corrected chi connectivity index (χ0v) is 10.6. The Bertz CT molecular complexity index is 690. The predicted octanol–water partition coefficient (Wildman–Crippen LogP) is 1.92. The van der Waals surface area contributed by atoms with Crippen molar-refractivity contribution in [1.29, 1.82) is 0 Å². The van der Waals surface area contributed by atoms with Crippen LogP contribution in [0.4, 0.5) is 21.8 Å². The van der Waals surface area contributed by atoms with Gasteiger partial charge < -0.3 is 11.5 Å². The van der Waals surface area contributed by atoms with Gasteiger partial charge in [0.05, 0.1) is 10.6 Å². The third-order valence-electron chi connectivity index (χ3n) is 2.80. The zero-order valence-electron chi connectivity index (χ0n) is 10.6. The van der Waals surface area contributed by atoms with Crippen molar-refractivity contribution < 1.29 is 9.31 Å². The van der Waals surface area contributed by atoms with Crippen LogP contribution < -0.4 is 11.5 Å². The molecule has 104 valence electrons. The van der Waals surface area contributed by atoms with E-state index in [1.807, 2.05) is 6.92 Å². The van der Waals surface area contributed by atoms with Gasteiger partial charge in [-0.1, -0.05) is 13.0 Å². The van der Waals surface area contributed by atoms with Gasteiger partial charge in [-0.05, 0) is 18.1 Å². The lowest BCUT2D eigenvalue weighted by atomic mass is 10.0.